The SMILES string of the molecule is N#Cc1ccc(/C=C/c2cn3cc(I)ccc3n2)cc1. The van der Waals surface area contributed by atoms with Gasteiger partial charge in [0.15, 0.2) is 0 Å². The Balaban J connectivity index is 1.88. The van der Waals surface area contributed by atoms with E-state index in [0.29, 0.717) is 5.56 Å². The summed E-state index contributed by atoms with van der Waals surface area (Å²) < 4.78 is 3.19. The number of benzene rings is 1. The number of halogens is 1. The van der Waals surface area contributed by atoms with Gasteiger partial charge in [-0.3, -0.25) is 0 Å². The van der Waals surface area contributed by atoms with E-state index in [1.54, 1.807) is 0 Å². The Morgan fingerprint density at radius 2 is 1.85 bits per heavy atom. The number of pyridine rings is 1. The highest BCUT2D eigenvalue weighted by Crippen LogP contribution is 2.12. The van der Waals surface area contributed by atoms with Gasteiger partial charge in [0, 0.05) is 16.0 Å². The summed E-state index contributed by atoms with van der Waals surface area (Å²) >= 11 is 2.28. The number of rotatable bonds is 2. The summed E-state index contributed by atoms with van der Waals surface area (Å²) in [5.74, 6) is 0. The zero-order chi connectivity index (χ0) is 13.9. The van der Waals surface area contributed by atoms with Crippen molar-refractivity contribution in [2.45, 2.75) is 0 Å². The molecular formula is C16H10IN3. The molecule has 3 nitrogen and oxygen atoms in total. The van der Waals surface area contributed by atoms with Crippen LogP contribution in [0.5, 0.6) is 0 Å². The first-order chi connectivity index (χ1) is 9.74. The Labute approximate surface area is 130 Å². The molecule has 2 aromatic heterocycles. The van der Waals surface area contributed by atoms with E-state index in [-0.39, 0.29) is 0 Å². The molecule has 3 rings (SSSR count). The third kappa shape index (κ3) is 2.73. The first-order valence-electron chi connectivity index (χ1n) is 6.07. The van der Waals surface area contributed by atoms with Gasteiger partial charge >= 0.3 is 0 Å². The standard InChI is InChI=1S/C16H10IN3/c17-14-6-8-16-19-15(11-20(16)10-14)7-5-12-1-3-13(9-18)4-2-12/h1-8,10-11H/b7-5+. The molecule has 0 aliphatic rings. The molecule has 0 aliphatic carbocycles. The molecule has 3 aromatic rings. The molecule has 0 saturated heterocycles. The molecule has 0 fully saturated rings. The summed E-state index contributed by atoms with van der Waals surface area (Å²) in [6, 6.07) is 13.6. The van der Waals surface area contributed by atoms with Crippen molar-refractivity contribution in [2.75, 3.05) is 0 Å². The zero-order valence-corrected chi connectivity index (χ0v) is 12.7. The third-order valence-electron chi connectivity index (χ3n) is 2.92. The molecule has 0 aliphatic heterocycles. The normalized spacial score (nSPS) is 11.0. The van der Waals surface area contributed by atoms with E-state index in [4.69, 9.17) is 5.26 Å². The van der Waals surface area contributed by atoms with Crippen molar-refractivity contribution in [2.24, 2.45) is 0 Å². The smallest absolute Gasteiger partial charge is 0.137 e. The second-order valence-electron chi connectivity index (χ2n) is 4.35. The molecule has 0 N–H and O–H groups in total. The second-order valence-corrected chi connectivity index (χ2v) is 5.59. The predicted octanol–water partition coefficient (Wildman–Crippen LogP) is 3.98. The lowest BCUT2D eigenvalue weighted by atomic mass is 10.1. The van der Waals surface area contributed by atoms with Crippen LogP contribution in [0.15, 0.2) is 48.8 Å². The van der Waals surface area contributed by atoms with E-state index in [0.717, 1.165) is 16.9 Å². The van der Waals surface area contributed by atoms with E-state index in [1.165, 1.54) is 3.57 Å². The van der Waals surface area contributed by atoms with Gasteiger partial charge in [-0.15, -0.1) is 0 Å². The van der Waals surface area contributed by atoms with Gasteiger partial charge in [0.25, 0.3) is 0 Å². The molecule has 0 radical (unpaired) electrons. The van der Waals surface area contributed by atoms with Crippen LogP contribution in [-0.4, -0.2) is 9.38 Å². The fraction of sp³-hybridized carbons (Fsp3) is 0. The Hall–Kier alpha value is -2.13. The lowest BCUT2D eigenvalue weighted by Crippen LogP contribution is -1.82. The van der Waals surface area contributed by atoms with Crippen LogP contribution < -0.4 is 0 Å². The lowest BCUT2D eigenvalue weighted by Gasteiger charge is -1.92. The maximum absolute atomic E-state index is 8.76. The number of fused-ring (bicyclic) bond motifs is 1. The molecule has 0 atom stereocenters. The summed E-state index contributed by atoms with van der Waals surface area (Å²) in [7, 11) is 0. The van der Waals surface area contributed by atoms with Crippen LogP contribution in [0.2, 0.25) is 0 Å². The summed E-state index contributed by atoms with van der Waals surface area (Å²) in [5.41, 5.74) is 3.57. The first-order valence-corrected chi connectivity index (χ1v) is 7.15. The maximum atomic E-state index is 8.76. The average Bonchev–Trinajstić information content (AvgIpc) is 2.87. The topological polar surface area (TPSA) is 41.1 Å². The molecule has 2 heterocycles. The largest absolute Gasteiger partial charge is 0.305 e. The molecule has 0 amide bonds. The summed E-state index contributed by atoms with van der Waals surface area (Å²) in [6.07, 6.45) is 8.01. The minimum Gasteiger partial charge on any atom is -0.305 e. The second kappa shape index (κ2) is 5.47. The zero-order valence-electron chi connectivity index (χ0n) is 10.5. The van der Waals surface area contributed by atoms with Crippen LogP contribution in [0.3, 0.4) is 0 Å². The molecule has 0 bridgehead atoms. The number of hydrogen-bond donors (Lipinski definition) is 0. The highest BCUT2D eigenvalue weighted by atomic mass is 127. The Morgan fingerprint density at radius 3 is 2.60 bits per heavy atom. The fourth-order valence-corrected chi connectivity index (χ4v) is 2.39. The van der Waals surface area contributed by atoms with Gasteiger partial charge in [-0.25, -0.2) is 4.98 Å². The highest BCUT2D eigenvalue weighted by Gasteiger charge is 1.98. The van der Waals surface area contributed by atoms with Crippen molar-refractivity contribution in [3.05, 3.63) is 69.2 Å². The van der Waals surface area contributed by atoms with Crippen molar-refractivity contribution in [1.82, 2.24) is 9.38 Å². The van der Waals surface area contributed by atoms with E-state index in [1.807, 2.05) is 65.3 Å². The van der Waals surface area contributed by atoms with Crippen LogP contribution >= 0.6 is 22.6 Å². The Morgan fingerprint density at radius 1 is 1.05 bits per heavy atom. The van der Waals surface area contributed by atoms with E-state index in [9.17, 15) is 0 Å². The monoisotopic (exact) mass is 371 g/mol. The van der Waals surface area contributed by atoms with Gasteiger partial charge in [0.05, 0.1) is 17.3 Å². The van der Waals surface area contributed by atoms with Gasteiger partial charge in [-0.2, -0.15) is 5.26 Å². The van der Waals surface area contributed by atoms with Gasteiger partial charge in [0.2, 0.25) is 0 Å². The first kappa shape index (κ1) is 12.9. The Bertz CT molecular complexity index is 823. The molecular weight excluding hydrogens is 361 g/mol. The van der Waals surface area contributed by atoms with Crippen LogP contribution in [0.4, 0.5) is 0 Å². The summed E-state index contributed by atoms with van der Waals surface area (Å²) in [4.78, 5) is 4.52. The van der Waals surface area contributed by atoms with Gasteiger partial charge < -0.3 is 4.40 Å². The maximum Gasteiger partial charge on any atom is 0.137 e. The number of nitriles is 1. The van der Waals surface area contributed by atoms with Crippen LogP contribution in [0.25, 0.3) is 17.8 Å². The predicted molar refractivity (Wildman–Crippen MR) is 88.0 cm³/mol. The summed E-state index contributed by atoms with van der Waals surface area (Å²) in [6.45, 7) is 0. The number of imidazole rings is 1. The molecule has 1 aromatic carbocycles. The van der Waals surface area contributed by atoms with Gasteiger partial charge in [-0.1, -0.05) is 18.2 Å². The third-order valence-corrected chi connectivity index (χ3v) is 3.56. The number of hydrogen-bond acceptors (Lipinski definition) is 2. The van der Waals surface area contributed by atoms with E-state index < -0.39 is 0 Å². The molecule has 96 valence electrons. The van der Waals surface area contributed by atoms with Crippen LogP contribution in [0, 0.1) is 14.9 Å². The molecule has 4 heteroatoms. The lowest BCUT2D eigenvalue weighted by molar-refractivity contribution is 1.17. The van der Waals surface area contributed by atoms with Crippen LogP contribution in [-0.2, 0) is 0 Å². The van der Waals surface area contributed by atoms with Crippen LogP contribution in [0.1, 0.15) is 16.8 Å². The van der Waals surface area contributed by atoms with Crippen molar-refractivity contribution >= 4 is 40.4 Å². The van der Waals surface area contributed by atoms with E-state index >= 15 is 0 Å². The van der Waals surface area contributed by atoms with Gasteiger partial charge in [0.1, 0.15) is 5.65 Å². The fourth-order valence-electron chi connectivity index (χ4n) is 1.91. The molecule has 0 unspecified atom stereocenters. The number of aromatic nitrogens is 2. The minimum absolute atomic E-state index is 0.671. The van der Waals surface area contributed by atoms with Crippen molar-refractivity contribution in [1.29, 1.82) is 5.26 Å². The van der Waals surface area contributed by atoms with Gasteiger partial charge in [-0.05, 0) is 58.5 Å². The van der Waals surface area contributed by atoms with E-state index in [2.05, 4.69) is 33.6 Å². The average molecular weight is 371 g/mol. The number of nitrogens with zero attached hydrogens (tertiary/aromatic N) is 3. The quantitative estimate of drug-likeness (QED) is 0.640. The molecule has 20 heavy (non-hydrogen) atoms. The summed E-state index contributed by atoms with van der Waals surface area (Å²) in [5, 5.41) is 8.76. The minimum atomic E-state index is 0.671. The highest BCUT2D eigenvalue weighted by molar-refractivity contribution is 14.1. The van der Waals surface area contributed by atoms with Crippen molar-refractivity contribution in [3.63, 3.8) is 0 Å². The molecule has 0 spiro atoms. The van der Waals surface area contributed by atoms with Crippen molar-refractivity contribution < 1.29 is 0 Å². The van der Waals surface area contributed by atoms with Crippen molar-refractivity contribution in [3.8, 4) is 6.07 Å². The molecule has 0 saturated carbocycles. The Kier molecular flexibility index (Phi) is 3.52.